The summed E-state index contributed by atoms with van der Waals surface area (Å²) in [6, 6.07) is 1.13. The summed E-state index contributed by atoms with van der Waals surface area (Å²) in [4.78, 5) is 10.8. The highest BCUT2D eigenvalue weighted by Crippen LogP contribution is 2.29. The van der Waals surface area contributed by atoms with Crippen molar-refractivity contribution >= 4 is 27.3 Å². The van der Waals surface area contributed by atoms with Crippen molar-refractivity contribution in [1.82, 2.24) is 4.31 Å². The van der Waals surface area contributed by atoms with E-state index in [4.69, 9.17) is 5.11 Å². The number of halogens is 2. The monoisotopic (exact) mass is 343 g/mol. The molecule has 0 saturated heterocycles. The van der Waals surface area contributed by atoms with E-state index in [1.54, 1.807) is 0 Å². The van der Waals surface area contributed by atoms with Crippen LogP contribution in [0.3, 0.4) is 0 Å². The molecular formula is C11H15F2NO5S2. The van der Waals surface area contributed by atoms with Crippen LogP contribution < -0.4 is 0 Å². The Kier molecular flexibility index (Phi) is 5.79. The Bertz CT molecular complexity index is 602. The highest BCUT2D eigenvalue weighted by molar-refractivity contribution is 7.91. The molecule has 0 amide bonds. The lowest BCUT2D eigenvalue weighted by atomic mass is 10.3. The molecule has 0 aromatic carbocycles. The van der Waals surface area contributed by atoms with Crippen molar-refractivity contribution in [2.75, 3.05) is 13.1 Å². The minimum atomic E-state index is -4.28. The molecule has 0 saturated carbocycles. The molecule has 1 aromatic rings. The maximum Gasteiger partial charge on any atom is 0.346 e. The molecule has 0 fully saturated rings. The summed E-state index contributed by atoms with van der Waals surface area (Å²) >= 11 is 0.501. The van der Waals surface area contributed by atoms with Crippen molar-refractivity contribution < 1.29 is 32.2 Å². The average Bonchev–Trinajstić information content (AvgIpc) is 2.70. The minimum Gasteiger partial charge on any atom is -0.477 e. The van der Waals surface area contributed by atoms with Crippen LogP contribution in [0.4, 0.5) is 8.78 Å². The molecule has 0 spiro atoms. The number of carboxylic acid groups (broad SMARTS) is 1. The first-order valence-electron chi connectivity index (χ1n) is 5.85. The molecule has 0 aliphatic rings. The van der Waals surface area contributed by atoms with Gasteiger partial charge in [0.15, 0.2) is 0 Å². The number of hydrogen-bond acceptors (Lipinski definition) is 5. The Hall–Kier alpha value is -1.10. The van der Waals surface area contributed by atoms with E-state index in [1.165, 1.54) is 13.8 Å². The fourth-order valence-corrected chi connectivity index (χ4v) is 4.67. The molecule has 1 atom stereocenters. The Balaban J connectivity index is 3.21. The highest BCUT2D eigenvalue weighted by Gasteiger charge is 2.31. The predicted octanol–water partition coefficient (Wildman–Crippen LogP) is 1.39. The number of hydrogen-bond donors (Lipinski definition) is 2. The number of aryl methyl sites for hydroxylation is 1. The van der Waals surface area contributed by atoms with Gasteiger partial charge in [-0.1, -0.05) is 0 Å². The molecule has 1 heterocycles. The van der Waals surface area contributed by atoms with E-state index in [1.807, 2.05) is 0 Å². The molecule has 21 heavy (non-hydrogen) atoms. The maximum atomic E-state index is 12.5. The van der Waals surface area contributed by atoms with Gasteiger partial charge in [0, 0.05) is 6.54 Å². The van der Waals surface area contributed by atoms with Crippen LogP contribution in [0.1, 0.15) is 22.2 Å². The zero-order chi connectivity index (χ0) is 16.4. The minimum absolute atomic E-state index is 0.164. The Morgan fingerprint density at radius 3 is 2.38 bits per heavy atom. The summed E-state index contributed by atoms with van der Waals surface area (Å²) in [5.41, 5.74) is 0.236. The molecule has 1 aromatic heterocycles. The Morgan fingerprint density at radius 1 is 1.43 bits per heavy atom. The maximum absolute atomic E-state index is 12.5. The van der Waals surface area contributed by atoms with Gasteiger partial charge in [0.1, 0.15) is 9.09 Å². The summed E-state index contributed by atoms with van der Waals surface area (Å²) in [5.74, 6) is -1.28. The number of sulfonamides is 1. The van der Waals surface area contributed by atoms with Crippen molar-refractivity contribution in [2.45, 2.75) is 30.6 Å². The van der Waals surface area contributed by atoms with Gasteiger partial charge in [-0.15, -0.1) is 11.3 Å². The molecule has 10 heteroatoms. The average molecular weight is 343 g/mol. The lowest BCUT2D eigenvalue weighted by Crippen LogP contribution is -2.39. The van der Waals surface area contributed by atoms with E-state index in [-0.39, 0.29) is 14.6 Å². The van der Waals surface area contributed by atoms with Crippen molar-refractivity contribution in [3.05, 3.63) is 16.5 Å². The topological polar surface area (TPSA) is 94.9 Å². The number of thiophene rings is 1. The van der Waals surface area contributed by atoms with E-state index in [0.717, 1.165) is 6.07 Å². The second-order valence-corrected chi connectivity index (χ2v) is 7.66. The molecule has 1 rings (SSSR count). The standard InChI is InChI=1S/C11H15F2NO5S2/c1-6-3-9(20-10(6)11(16)17)21(18,19)14(4-7(2)15)5-8(12)13/h3,7-8,15H,4-5H2,1-2H3,(H,16,17). The van der Waals surface area contributed by atoms with Gasteiger partial charge in [0.25, 0.3) is 16.4 Å². The lowest BCUT2D eigenvalue weighted by molar-refractivity contribution is 0.0701. The third-order valence-electron chi connectivity index (χ3n) is 2.49. The second-order valence-electron chi connectivity index (χ2n) is 4.44. The van der Waals surface area contributed by atoms with Gasteiger partial charge in [0.2, 0.25) is 0 Å². The Morgan fingerprint density at radius 2 is 2.00 bits per heavy atom. The van der Waals surface area contributed by atoms with E-state index >= 15 is 0 Å². The van der Waals surface area contributed by atoms with Gasteiger partial charge in [-0.25, -0.2) is 22.0 Å². The van der Waals surface area contributed by atoms with Crippen LogP contribution in [0, 0.1) is 6.92 Å². The fraction of sp³-hybridized carbons (Fsp3) is 0.545. The van der Waals surface area contributed by atoms with Crippen molar-refractivity contribution in [1.29, 1.82) is 0 Å². The third kappa shape index (κ3) is 4.43. The van der Waals surface area contributed by atoms with Gasteiger partial charge in [-0.3, -0.25) is 0 Å². The van der Waals surface area contributed by atoms with E-state index in [2.05, 4.69) is 0 Å². The van der Waals surface area contributed by atoms with Crippen LogP contribution in [-0.4, -0.2) is 54.5 Å². The van der Waals surface area contributed by atoms with Gasteiger partial charge < -0.3 is 10.2 Å². The number of aliphatic hydroxyl groups is 1. The number of carbonyl (C=O) groups is 1. The molecule has 120 valence electrons. The largest absolute Gasteiger partial charge is 0.477 e. The number of aromatic carboxylic acids is 1. The van der Waals surface area contributed by atoms with Crippen LogP contribution >= 0.6 is 11.3 Å². The van der Waals surface area contributed by atoms with Crippen LogP contribution in [0.5, 0.6) is 0 Å². The fourth-order valence-electron chi connectivity index (χ4n) is 1.64. The normalized spacial score (nSPS) is 13.9. The SMILES string of the molecule is Cc1cc(S(=O)(=O)N(CC(C)O)CC(F)F)sc1C(=O)O. The van der Waals surface area contributed by atoms with Crippen molar-refractivity contribution in [2.24, 2.45) is 0 Å². The smallest absolute Gasteiger partial charge is 0.346 e. The zero-order valence-electron chi connectivity index (χ0n) is 11.3. The molecule has 1 unspecified atom stereocenters. The number of nitrogens with zero attached hydrogens (tertiary/aromatic N) is 1. The van der Waals surface area contributed by atoms with Gasteiger partial charge in [-0.2, -0.15) is 4.31 Å². The lowest BCUT2D eigenvalue weighted by Gasteiger charge is -2.22. The molecule has 0 aliphatic heterocycles. The molecule has 0 radical (unpaired) electrons. The summed E-state index contributed by atoms with van der Waals surface area (Å²) in [6.45, 7) is 1.14. The number of carboxylic acids is 1. The van der Waals surface area contributed by atoms with Gasteiger partial charge in [-0.05, 0) is 25.5 Å². The van der Waals surface area contributed by atoms with Crippen molar-refractivity contribution in [3.63, 3.8) is 0 Å². The van der Waals surface area contributed by atoms with Gasteiger partial charge in [0.05, 0.1) is 12.6 Å². The third-order valence-corrected chi connectivity index (χ3v) is 6.00. The molecule has 0 bridgehead atoms. The van der Waals surface area contributed by atoms with Crippen LogP contribution in [0.15, 0.2) is 10.3 Å². The van der Waals surface area contributed by atoms with Crippen LogP contribution in [0.2, 0.25) is 0 Å². The highest BCUT2D eigenvalue weighted by atomic mass is 32.2. The molecule has 6 nitrogen and oxygen atoms in total. The van der Waals surface area contributed by atoms with Gasteiger partial charge >= 0.3 is 5.97 Å². The zero-order valence-corrected chi connectivity index (χ0v) is 12.9. The van der Waals surface area contributed by atoms with Crippen LogP contribution in [-0.2, 0) is 10.0 Å². The molecular weight excluding hydrogens is 328 g/mol. The molecule has 2 N–H and O–H groups in total. The van der Waals surface area contributed by atoms with E-state index < -0.39 is 41.6 Å². The first-order chi connectivity index (χ1) is 9.55. The first kappa shape index (κ1) is 18.0. The number of rotatable bonds is 7. The van der Waals surface area contributed by atoms with Crippen LogP contribution in [0.25, 0.3) is 0 Å². The second kappa shape index (κ2) is 6.77. The molecule has 0 aliphatic carbocycles. The quantitative estimate of drug-likeness (QED) is 0.780. The van der Waals surface area contributed by atoms with Crippen molar-refractivity contribution in [3.8, 4) is 0 Å². The summed E-state index contributed by atoms with van der Waals surface area (Å²) in [6.07, 6.45) is -4.03. The summed E-state index contributed by atoms with van der Waals surface area (Å²) < 4.78 is 49.7. The Labute approximate surface area is 124 Å². The summed E-state index contributed by atoms with van der Waals surface area (Å²) in [7, 11) is -4.28. The number of alkyl halides is 2. The predicted molar refractivity (Wildman–Crippen MR) is 72.5 cm³/mol. The first-order valence-corrected chi connectivity index (χ1v) is 8.11. The van der Waals surface area contributed by atoms with E-state index in [0.29, 0.717) is 15.6 Å². The number of aliphatic hydroxyl groups excluding tert-OH is 1. The van der Waals surface area contributed by atoms with E-state index in [9.17, 15) is 27.1 Å². The summed E-state index contributed by atoms with van der Waals surface area (Å²) in [5, 5.41) is 18.2.